The Morgan fingerprint density at radius 2 is 1.96 bits per heavy atom. The van der Waals surface area contributed by atoms with Crippen LogP contribution in [0.25, 0.3) is 0 Å². The van der Waals surface area contributed by atoms with Crippen LogP contribution in [0.5, 0.6) is 5.75 Å². The smallest absolute Gasteiger partial charge is 0.204 e. The molecule has 1 aromatic rings. The molecule has 0 spiro atoms. The third-order valence-electron chi connectivity index (χ3n) is 6.60. The summed E-state index contributed by atoms with van der Waals surface area (Å²) in [4.78, 5) is 16.1. The molecule has 0 bridgehead atoms. The van der Waals surface area contributed by atoms with Gasteiger partial charge in [-0.3, -0.25) is 9.69 Å². The molecule has 0 aromatic heterocycles. The van der Waals surface area contributed by atoms with Crippen molar-refractivity contribution in [2.75, 3.05) is 25.2 Å². The average molecular weight is 378 g/mol. The van der Waals surface area contributed by atoms with E-state index in [0.29, 0.717) is 5.92 Å². The Bertz CT molecular complexity index is 854. The SMILES string of the molecule is COc1ccc(N2N=NC3CC4CCC=CC4=CC(=O)C32N2CCCC2)cc1. The van der Waals surface area contributed by atoms with Gasteiger partial charge in [0.1, 0.15) is 11.8 Å². The Labute approximate surface area is 165 Å². The number of hydrogen-bond donors (Lipinski definition) is 0. The number of benzene rings is 1. The van der Waals surface area contributed by atoms with Crippen molar-refractivity contribution in [1.29, 1.82) is 0 Å². The highest BCUT2D eigenvalue weighted by Gasteiger charge is 2.60. The quantitative estimate of drug-likeness (QED) is 0.800. The molecule has 6 nitrogen and oxygen atoms in total. The maximum atomic E-state index is 13.8. The summed E-state index contributed by atoms with van der Waals surface area (Å²) in [5.74, 6) is 1.29. The third kappa shape index (κ3) is 2.54. The first-order chi connectivity index (χ1) is 13.7. The number of carbonyl (C=O) groups excluding carboxylic acids is 1. The number of carbonyl (C=O) groups is 1. The molecule has 5 rings (SSSR count). The Morgan fingerprint density at radius 3 is 2.71 bits per heavy atom. The van der Waals surface area contributed by atoms with E-state index in [9.17, 15) is 4.79 Å². The molecule has 3 atom stereocenters. The molecule has 0 saturated carbocycles. The van der Waals surface area contributed by atoms with Crippen molar-refractivity contribution in [3.8, 4) is 5.75 Å². The second kappa shape index (κ2) is 6.85. The Hall–Kier alpha value is -2.47. The maximum Gasteiger partial charge on any atom is 0.204 e. The largest absolute Gasteiger partial charge is 0.497 e. The second-order valence-electron chi connectivity index (χ2n) is 8.07. The normalized spacial score (nSPS) is 32.1. The van der Waals surface area contributed by atoms with Crippen LogP contribution < -0.4 is 9.75 Å². The van der Waals surface area contributed by atoms with Crippen LogP contribution in [0.2, 0.25) is 0 Å². The van der Waals surface area contributed by atoms with Gasteiger partial charge in [-0.05, 0) is 73.9 Å². The van der Waals surface area contributed by atoms with Crippen molar-refractivity contribution in [1.82, 2.24) is 4.90 Å². The van der Waals surface area contributed by atoms with Crippen molar-refractivity contribution < 1.29 is 9.53 Å². The molecule has 2 aliphatic heterocycles. The Morgan fingerprint density at radius 1 is 1.18 bits per heavy atom. The minimum Gasteiger partial charge on any atom is -0.497 e. The van der Waals surface area contributed by atoms with Crippen LogP contribution >= 0.6 is 0 Å². The average Bonchev–Trinajstić information content (AvgIpc) is 3.36. The highest BCUT2D eigenvalue weighted by atomic mass is 16.5. The maximum absolute atomic E-state index is 13.8. The van der Waals surface area contributed by atoms with Gasteiger partial charge in [0.15, 0.2) is 0 Å². The van der Waals surface area contributed by atoms with E-state index in [4.69, 9.17) is 4.74 Å². The molecule has 146 valence electrons. The first-order valence-corrected chi connectivity index (χ1v) is 10.3. The van der Waals surface area contributed by atoms with Gasteiger partial charge in [-0.15, -0.1) is 0 Å². The zero-order valence-corrected chi connectivity index (χ0v) is 16.3. The van der Waals surface area contributed by atoms with E-state index >= 15 is 0 Å². The molecule has 1 saturated heterocycles. The van der Waals surface area contributed by atoms with Crippen molar-refractivity contribution in [2.24, 2.45) is 16.3 Å². The second-order valence-corrected chi connectivity index (χ2v) is 8.07. The molecule has 2 heterocycles. The molecule has 0 radical (unpaired) electrons. The zero-order valence-electron chi connectivity index (χ0n) is 16.3. The summed E-state index contributed by atoms with van der Waals surface area (Å²) >= 11 is 0. The predicted octanol–water partition coefficient (Wildman–Crippen LogP) is 3.91. The van der Waals surface area contributed by atoms with Crippen molar-refractivity contribution >= 4 is 11.5 Å². The van der Waals surface area contributed by atoms with Gasteiger partial charge in [0.05, 0.1) is 12.8 Å². The van der Waals surface area contributed by atoms with Crippen molar-refractivity contribution in [3.63, 3.8) is 0 Å². The van der Waals surface area contributed by atoms with Gasteiger partial charge >= 0.3 is 0 Å². The number of allylic oxidation sites excluding steroid dienone is 3. The minimum atomic E-state index is -0.844. The van der Waals surface area contributed by atoms with E-state index in [1.54, 1.807) is 7.11 Å². The monoisotopic (exact) mass is 378 g/mol. The molecule has 3 unspecified atom stereocenters. The summed E-state index contributed by atoms with van der Waals surface area (Å²) < 4.78 is 5.30. The highest BCUT2D eigenvalue weighted by molar-refractivity contribution is 6.02. The van der Waals surface area contributed by atoms with Gasteiger partial charge in [0.2, 0.25) is 11.4 Å². The van der Waals surface area contributed by atoms with E-state index in [-0.39, 0.29) is 11.8 Å². The standard InChI is InChI=1S/C22H26N4O2/c1-28-19-10-8-18(9-11-19)26-22(25-12-4-5-13-25)20(23-24-26)14-16-6-2-3-7-17(16)15-21(22)27/h3,7-11,15-16,20H,2,4-6,12-14H2,1H3. The fourth-order valence-electron chi connectivity index (χ4n) is 5.18. The van der Waals surface area contributed by atoms with Crippen molar-refractivity contribution in [2.45, 2.75) is 43.8 Å². The van der Waals surface area contributed by atoms with Crippen LogP contribution in [-0.2, 0) is 4.79 Å². The summed E-state index contributed by atoms with van der Waals surface area (Å²) in [7, 11) is 1.66. The number of fused-ring (bicyclic) bond motifs is 2. The number of likely N-dealkylation sites (tertiary alicyclic amines) is 1. The fraction of sp³-hybridized carbons (Fsp3) is 0.500. The van der Waals surface area contributed by atoms with E-state index < -0.39 is 5.66 Å². The first-order valence-electron chi connectivity index (χ1n) is 10.3. The molecule has 0 amide bonds. The summed E-state index contributed by atoms with van der Waals surface area (Å²) in [5.41, 5.74) is 1.20. The van der Waals surface area contributed by atoms with Gasteiger partial charge in [-0.25, -0.2) is 5.01 Å². The topological polar surface area (TPSA) is 57.5 Å². The van der Waals surface area contributed by atoms with Gasteiger partial charge in [-0.2, -0.15) is 5.11 Å². The van der Waals surface area contributed by atoms with Crippen LogP contribution in [0.4, 0.5) is 5.69 Å². The molecule has 28 heavy (non-hydrogen) atoms. The summed E-state index contributed by atoms with van der Waals surface area (Å²) in [6.07, 6.45) is 11.4. The van der Waals surface area contributed by atoms with E-state index in [1.807, 2.05) is 35.4 Å². The van der Waals surface area contributed by atoms with Gasteiger partial charge in [0.25, 0.3) is 0 Å². The van der Waals surface area contributed by atoms with Crippen LogP contribution in [0.15, 0.2) is 58.4 Å². The van der Waals surface area contributed by atoms with Crippen LogP contribution in [-0.4, -0.2) is 42.6 Å². The molecular weight excluding hydrogens is 352 g/mol. The lowest BCUT2D eigenvalue weighted by molar-refractivity contribution is -0.126. The molecule has 1 fully saturated rings. The lowest BCUT2D eigenvalue weighted by atomic mass is 9.84. The lowest BCUT2D eigenvalue weighted by Gasteiger charge is -2.44. The molecule has 2 aliphatic carbocycles. The lowest BCUT2D eigenvalue weighted by Crippen LogP contribution is -2.66. The number of hydrogen-bond acceptors (Lipinski definition) is 6. The van der Waals surface area contributed by atoms with Gasteiger partial charge in [0, 0.05) is 13.1 Å². The van der Waals surface area contributed by atoms with E-state index in [1.165, 1.54) is 0 Å². The predicted molar refractivity (Wildman–Crippen MR) is 107 cm³/mol. The molecule has 1 aromatic carbocycles. The number of methoxy groups -OCH3 is 1. The Balaban J connectivity index is 1.62. The number of rotatable bonds is 3. The molecule has 4 aliphatic rings. The van der Waals surface area contributed by atoms with E-state index in [0.717, 1.165) is 62.2 Å². The third-order valence-corrected chi connectivity index (χ3v) is 6.60. The summed E-state index contributed by atoms with van der Waals surface area (Å²) in [5, 5.41) is 11.1. The highest BCUT2D eigenvalue weighted by Crippen LogP contribution is 2.46. The molecule has 6 heteroatoms. The van der Waals surface area contributed by atoms with Gasteiger partial charge in [-0.1, -0.05) is 17.4 Å². The Kier molecular flexibility index (Phi) is 4.31. The van der Waals surface area contributed by atoms with E-state index in [2.05, 4.69) is 27.4 Å². The summed E-state index contributed by atoms with van der Waals surface area (Å²) in [6.45, 7) is 1.81. The molecular formula is C22H26N4O2. The molecule has 0 N–H and O–H groups in total. The van der Waals surface area contributed by atoms with Crippen LogP contribution in [0.1, 0.15) is 32.1 Å². The first kappa shape index (κ1) is 17.6. The summed E-state index contributed by atoms with van der Waals surface area (Å²) in [6, 6.07) is 7.62. The van der Waals surface area contributed by atoms with Crippen LogP contribution in [0.3, 0.4) is 0 Å². The number of ketones is 1. The van der Waals surface area contributed by atoms with Crippen molar-refractivity contribution in [3.05, 3.63) is 48.1 Å². The number of nitrogens with zero attached hydrogens (tertiary/aromatic N) is 4. The van der Waals surface area contributed by atoms with Crippen LogP contribution in [0, 0.1) is 5.92 Å². The fourth-order valence-corrected chi connectivity index (χ4v) is 5.18. The zero-order chi connectivity index (χ0) is 19.1. The minimum absolute atomic E-state index is 0.115. The van der Waals surface area contributed by atoms with Gasteiger partial charge < -0.3 is 4.74 Å². The number of anilines is 1. The number of ether oxygens (including phenoxy) is 1.